The second-order valence-corrected chi connectivity index (χ2v) is 5.83. The lowest BCUT2D eigenvalue weighted by atomic mass is 9.85. The Bertz CT molecular complexity index is 622. The van der Waals surface area contributed by atoms with E-state index in [0.29, 0.717) is 18.5 Å². The smallest absolute Gasteiger partial charge is 0.244 e. The topological polar surface area (TPSA) is 66.5 Å². The van der Waals surface area contributed by atoms with E-state index >= 15 is 0 Å². The van der Waals surface area contributed by atoms with Crippen LogP contribution in [0.1, 0.15) is 18.4 Å². The van der Waals surface area contributed by atoms with Crippen LogP contribution in [-0.2, 0) is 14.4 Å². The van der Waals surface area contributed by atoms with Gasteiger partial charge in [0, 0.05) is 5.69 Å². The third kappa shape index (κ3) is 2.66. The molecule has 0 bridgehead atoms. The molecule has 0 saturated carbocycles. The predicted molar refractivity (Wildman–Crippen MR) is 81.9 cm³/mol. The molecule has 1 aromatic rings. The van der Waals surface area contributed by atoms with Crippen molar-refractivity contribution in [1.29, 1.82) is 0 Å². The average molecular weight is 298 g/mol. The van der Waals surface area contributed by atoms with Crippen LogP contribution in [0, 0.1) is 18.8 Å². The Labute approximate surface area is 129 Å². The molecular weight excluding hydrogens is 280 g/mol. The number of aryl methyl sites for hydroxylation is 1. The minimum atomic E-state index is -0.350. The molecule has 1 aromatic carbocycles. The molecular formula is C17H18N2O3. The lowest BCUT2D eigenvalue weighted by Gasteiger charge is -2.14. The summed E-state index contributed by atoms with van der Waals surface area (Å²) in [4.78, 5) is 37.7. The first-order valence-corrected chi connectivity index (χ1v) is 7.43. The van der Waals surface area contributed by atoms with E-state index in [1.165, 1.54) is 0 Å². The number of benzene rings is 1. The first-order valence-electron chi connectivity index (χ1n) is 7.43. The molecule has 1 aliphatic carbocycles. The Kier molecular flexibility index (Phi) is 3.79. The highest BCUT2D eigenvalue weighted by molar-refractivity contribution is 6.08. The highest BCUT2D eigenvalue weighted by Crippen LogP contribution is 2.34. The van der Waals surface area contributed by atoms with Gasteiger partial charge in [0.15, 0.2) is 0 Å². The maximum Gasteiger partial charge on any atom is 0.244 e. The molecule has 5 nitrogen and oxygen atoms in total. The van der Waals surface area contributed by atoms with Crippen molar-refractivity contribution in [2.24, 2.45) is 11.8 Å². The lowest BCUT2D eigenvalue weighted by molar-refractivity contribution is -0.142. The van der Waals surface area contributed by atoms with E-state index in [2.05, 4.69) is 5.32 Å². The fourth-order valence-corrected chi connectivity index (χ4v) is 3.01. The van der Waals surface area contributed by atoms with Gasteiger partial charge in [-0.15, -0.1) is 0 Å². The summed E-state index contributed by atoms with van der Waals surface area (Å²) in [6.45, 7) is 1.75. The standard InChI is InChI=1S/C17H18N2O3/c1-11-6-8-12(9-7-11)18-15(20)10-19-16(21)13-4-2-3-5-14(13)17(19)22/h2-3,6-9,13-14H,4-5,10H2,1H3,(H,18,20)/t13-,14+. The van der Waals surface area contributed by atoms with Gasteiger partial charge in [-0.1, -0.05) is 29.8 Å². The van der Waals surface area contributed by atoms with Crippen LogP contribution in [0.25, 0.3) is 0 Å². The molecule has 5 heteroatoms. The van der Waals surface area contributed by atoms with Gasteiger partial charge in [0.05, 0.1) is 11.8 Å². The molecule has 3 rings (SSSR count). The quantitative estimate of drug-likeness (QED) is 0.684. The SMILES string of the molecule is Cc1ccc(NC(=O)CN2C(=O)[C@H]3CC=CC[C@H]3C2=O)cc1. The van der Waals surface area contributed by atoms with Gasteiger partial charge in [-0.3, -0.25) is 19.3 Å². The van der Waals surface area contributed by atoms with Crippen molar-refractivity contribution in [3.8, 4) is 0 Å². The summed E-state index contributed by atoms with van der Waals surface area (Å²) in [5.74, 6) is -1.37. The zero-order valence-electron chi connectivity index (χ0n) is 12.4. The largest absolute Gasteiger partial charge is 0.325 e. The number of carbonyl (C=O) groups excluding carboxylic acids is 3. The number of amides is 3. The summed E-state index contributed by atoms with van der Waals surface area (Å²) in [6.07, 6.45) is 5.04. The number of carbonyl (C=O) groups is 3. The first kappa shape index (κ1) is 14.5. The van der Waals surface area contributed by atoms with Crippen LogP contribution in [0.15, 0.2) is 36.4 Å². The average Bonchev–Trinajstić information content (AvgIpc) is 2.75. The number of rotatable bonds is 3. The molecule has 1 aliphatic heterocycles. The van der Waals surface area contributed by atoms with Gasteiger partial charge in [0.1, 0.15) is 6.54 Å². The van der Waals surface area contributed by atoms with E-state index in [1.807, 2.05) is 31.2 Å². The van der Waals surface area contributed by atoms with Crippen molar-refractivity contribution in [2.75, 3.05) is 11.9 Å². The predicted octanol–water partition coefficient (Wildman–Crippen LogP) is 1.88. The molecule has 22 heavy (non-hydrogen) atoms. The zero-order chi connectivity index (χ0) is 15.7. The van der Waals surface area contributed by atoms with Crippen molar-refractivity contribution in [1.82, 2.24) is 4.90 Å². The van der Waals surface area contributed by atoms with Crippen molar-refractivity contribution in [2.45, 2.75) is 19.8 Å². The van der Waals surface area contributed by atoms with Crippen LogP contribution >= 0.6 is 0 Å². The molecule has 2 atom stereocenters. The van der Waals surface area contributed by atoms with Crippen LogP contribution in [0.5, 0.6) is 0 Å². The van der Waals surface area contributed by atoms with E-state index in [-0.39, 0.29) is 36.1 Å². The van der Waals surface area contributed by atoms with Crippen molar-refractivity contribution < 1.29 is 14.4 Å². The van der Waals surface area contributed by atoms with Crippen LogP contribution in [0.2, 0.25) is 0 Å². The number of likely N-dealkylation sites (tertiary alicyclic amines) is 1. The van der Waals surface area contributed by atoms with Crippen LogP contribution in [-0.4, -0.2) is 29.2 Å². The maximum atomic E-state index is 12.3. The van der Waals surface area contributed by atoms with Gasteiger partial charge < -0.3 is 5.32 Å². The van der Waals surface area contributed by atoms with Gasteiger partial charge >= 0.3 is 0 Å². The van der Waals surface area contributed by atoms with Gasteiger partial charge in [-0.2, -0.15) is 0 Å². The summed E-state index contributed by atoms with van der Waals surface area (Å²) < 4.78 is 0. The molecule has 3 amide bonds. The minimum Gasteiger partial charge on any atom is -0.325 e. The maximum absolute atomic E-state index is 12.3. The third-order valence-corrected chi connectivity index (χ3v) is 4.24. The van der Waals surface area contributed by atoms with E-state index in [4.69, 9.17) is 0 Å². The zero-order valence-corrected chi connectivity index (χ0v) is 12.4. The number of fused-ring (bicyclic) bond motifs is 1. The fourth-order valence-electron chi connectivity index (χ4n) is 3.01. The minimum absolute atomic E-state index is 0.210. The van der Waals surface area contributed by atoms with Gasteiger partial charge in [0.25, 0.3) is 0 Å². The highest BCUT2D eigenvalue weighted by atomic mass is 16.2. The summed E-state index contributed by atoms with van der Waals surface area (Å²) in [5.41, 5.74) is 1.76. The monoisotopic (exact) mass is 298 g/mol. The Morgan fingerprint density at radius 2 is 1.64 bits per heavy atom. The number of allylic oxidation sites excluding steroid dienone is 2. The van der Waals surface area contributed by atoms with Gasteiger partial charge in [-0.05, 0) is 31.9 Å². The second-order valence-electron chi connectivity index (χ2n) is 5.83. The van der Waals surface area contributed by atoms with Crippen LogP contribution in [0.4, 0.5) is 5.69 Å². The summed E-state index contributed by atoms with van der Waals surface area (Å²) in [7, 11) is 0. The Balaban J connectivity index is 1.65. The molecule has 1 heterocycles. The molecule has 0 unspecified atom stereocenters. The summed E-state index contributed by atoms with van der Waals surface area (Å²) in [6, 6.07) is 7.37. The number of anilines is 1. The van der Waals surface area contributed by atoms with E-state index in [9.17, 15) is 14.4 Å². The molecule has 1 saturated heterocycles. The van der Waals surface area contributed by atoms with Crippen molar-refractivity contribution in [3.05, 3.63) is 42.0 Å². The van der Waals surface area contributed by atoms with Crippen LogP contribution < -0.4 is 5.32 Å². The Morgan fingerprint density at radius 3 is 2.18 bits per heavy atom. The first-order chi connectivity index (χ1) is 10.6. The number of nitrogens with zero attached hydrogens (tertiary/aromatic N) is 1. The van der Waals surface area contributed by atoms with E-state index in [0.717, 1.165) is 10.5 Å². The van der Waals surface area contributed by atoms with Crippen LogP contribution in [0.3, 0.4) is 0 Å². The number of imide groups is 1. The van der Waals surface area contributed by atoms with E-state index in [1.54, 1.807) is 12.1 Å². The molecule has 0 aromatic heterocycles. The normalized spacial score (nSPS) is 23.6. The molecule has 2 aliphatic rings. The third-order valence-electron chi connectivity index (χ3n) is 4.24. The Morgan fingerprint density at radius 1 is 1.09 bits per heavy atom. The number of nitrogens with one attached hydrogen (secondary N) is 1. The van der Waals surface area contributed by atoms with Gasteiger partial charge in [-0.25, -0.2) is 0 Å². The number of hydrogen-bond donors (Lipinski definition) is 1. The summed E-state index contributed by atoms with van der Waals surface area (Å²) >= 11 is 0. The molecule has 1 fully saturated rings. The van der Waals surface area contributed by atoms with Crippen molar-refractivity contribution >= 4 is 23.4 Å². The number of hydrogen-bond acceptors (Lipinski definition) is 3. The van der Waals surface area contributed by atoms with E-state index < -0.39 is 0 Å². The molecule has 0 spiro atoms. The Hall–Kier alpha value is -2.43. The second kappa shape index (κ2) is 5.75. The molecule has 0 radical (unpaired) electrons. The van der Waals surface area contributed by atoms with Gasteiger partial charge in [0.2, 0.25) is 17.7 Å². The van der Waals surface area contributed by atoms with Crippen molar-refractivity contribution in [3.63, 3.8) is 0 Å². The summed E-state index contributed by atoms with van der Waals surface area (Å²) in [5, 5.41) is 2.72. The molecule has 1 N–H and O–H groups in total. The molecule has 114 valence electrons. The fraction of sp³-hybridized carbons (Fsp3) is 0.353. The highest BCUT2D eigenvalue weighted by Gasteiger charge is 2.47. The lowest BCUT2D eigenvalue weighted by Crippen LogP contribution is -2.38.